The van der Waals surface area contributed by atoms with Gasteiger partial charge in [0.15, 0.2) is 0 Å². The molecule has 0 aliphatic heterocycles. The molecule has 13 heteroatoms. The molecular weight excluding hydrogens is 733 g/mol. The predicted molar refractivity (Wildman–Crippen MR) is 220 cm³/mol. The number of methoxy groups -OCH3 is 2. The number of hydrogen-bond donors (Lipinski definition) is 2. The van der Waals surface area contributed by atoms with Crippen molar-refractivity contribution in [2.75, 3.05) is 20.8 Å². The lowest BCUT2D eigenvalue weighted by Gasteiger charge is -2.07. The second kappa shape index (κ2) is 17.7. The second-order valence-electron chi connectivity index (χ2n) is 13.1. The average Bonchev–Trinajstić information content (AvgIpc) is 3.87. The van der Waals surface area contributed by atoms with Crippen molar-refractivity contribution in [1.82, 2.24) is 34.8 Å². The SMILES string of the molecule is COc1cccc(Cn2cc3c(-c4cccc(C(=O)NCCC#N)c4)cccc3n2)n1.COc1cccc(Cn2cc3c(-c4cccc(C(=O)O)c4)cccc3n2)n1. The quantitative estimate of drug-likeness (QED) is 0.118. The van der Waals surface area contributed by atoms with Gasteiger partial charge in [-0.25, -0.2) is 14.8 Å². The van der Waals surface area contributed by atoms with Crippen LogP contribution in [0.4, 0.5) is 0 Å². The van der Waals surface area contributed by atoms with Gasteiger partial charge in [-0.3, -0.25) is 14.2 Å². The number of ether oxygens (including phenoxy) is 2. The number of amides is 1. The van der Waals surface area contributed by atoms with Crippen molar-refractivity contribution in [3.8, 4) is 40.1 Å². The lowest BCUT2D eigenvalue weighted by molar-refractivity contribution is 0.0696. The van der Waals surface area contributed by atoms with E-state index in [9.17, 15) is 14.7 Å². The van der Waals surface area contributed by atoms with Crippen LogP contribution in [0.5, 0.6) is 11.8 Å². The number of carbonyl (C=O) groups is 2. The number of carboxylic acid groups (broad SMARTS) is 1. The number of aromatic nitrogens is 6. The Morgan fingerprint density at radius 2 is 1.16 bits per heavy atom. The number of carbonyl (C=O) groups excluding carboxylic acids is 1. The van der Waals surface area contributed by atoms with Crippen molar-refractivity contribution in [1.29, 1.82) is 5.26 Å². The van der Waals surface area contributed by atoms with Gasteiger partial charge >= 0.3 is 5.97 Å². The number of nitriles is 1. The molecule has 0 bridgehead atoms. The first kappa shape index (κ1) is 38.4. The molecule has 0 aliphatic carbocycles. The fourth-order valence-electron chi connectivity index (χ4n) is 6.48. The van der Waals surface area contributed by atoms with E-state index in [4.69, 9.17) is 14.7 Å². The Kier molecular flexibility index (Phi) is 11.8. The van der Waals surface area contributed by atoms with Crippen LogP contribution in [0.1, 0.15) is 38.5 Å². The maximum absolute atomic E-state index is 12.4. The summed E-state index contributed by atoms with van der Waals surface area (Å²) in [5.41, 5.74) is 7.94. The van der Waals surface area contributed by atoms with Gasteiger partial charge in [-0.15, -0.1) is 0 Å². The zero-order valence-corrected chi connectivity index (χ0v) is 31.7. The highest BCUT2D eigenvalue weighted by Gasteiger charge is 2.13. The van der Waals surface area contributed by atoms with E-state index in [2.05, 4.69) is 25.5 Å². The summed E-state index contributed by atoms with van der Waals surface area (Å²) in [6.45, 7) is 1.37. The standard InChI is InChI=1S/C24H21N5O2.C21H17N3O3/c1-31-23-11-3-8-19(27-23)15-29-16-21-20(9-4-10-22(21)28-29)17-6-2-7-18(14-17)24(30)26-13-5-12-25;1-27-20-10-3-7-16(22-20)12-24-13-18-17(8-4-9-19(18)23-24)14-5-2-6-15(11-14)21(25)26/h2-4,6-11,14,16H,5,13,15H2,1H3,(H,26,30);2-11,13H,12H2,1H3,(H,25,26). The van der Waals surface area contributed by atoms with E-state index in [0.717, 1.165) is 55.4 Å². The van der Waals surface area contributed by atoms with Gasteiger partial charge in [0.25, 0.3) is 5.91 Å². The zero-order chi connectivity index (χ0) is 40.4. The highest BCUT2D eigenvalue weighted by atomic mass is 16.5. The minimum Gasteiger partial charge on any atom is -0.481 e. The molecular formula is C45H38N8O5. The third-order valence-electron chi connectivity index (χ3n) is 9.20. The number of fused-ring (bicyclic) bond motifs is 2. The first-order valence-electron chi connectivity index (χ1n) is 18.3. The van der Waals surface area contributed by atoms with Crippen molar-refractivity contribution >= 4 is 33.7 Å². The van der Waals surface area contributed by atoms with Gasteiger partial charge in [0, 0.05) is 47.4 Å². The highest BCUT2D eigenvalue weighted by molar-refractivity contribution is 5.99. The molecule has 0 spiro atoms. The summed E-state index contributed by atoms with van der Waals surface area (Å²) in [4.78, 5) is 32.5. The fourth-order valence-corrected chi connectivity index (χ4v) is 6.48. The number of nitrogens with one attached hydrogen (secondary N) is 1. The smallest absolute Gasteiger partial charge is 0.335 e. The third kappa shape index (κ3) is 8.98. The topological polar surface area (TPSA) is 170 Å². The molecule has 0 aliphatic rings. The molecule has 0 fully saturated rings. The number of rotatable bonds is 12. The summed E-state index contributed by atoms with van der Waals surface area (Å²) in [6, 6.07) is 39.5. The number of aromatic carboxylic acids is 1. The van der Waals surface area contributed by atoms with Crippen molar-refractivity contribution in [3.05, 3.63) is 156 Å². The third-order valence-corrected chi connectivity index (χ3v) is 9.20. The molecule has 0 unspecified atom stereocenters. The lowest BCUT2D eigenvalue weighted by atomic mass is 10.00. The van der Waals surface area contributed by atoms with E-state index in [1.54, 1.807) is 44.6 Å². The normalized spacial score (nSPS) is 10.7. The van der Waals surface area contributed by atoms with Crippen molar-refractivity contribution in [2.24, 2.45) is 0 Å². The van der Waals surface area contributed by atoms with Crippen LogP contribution in [0.3, 0.4) is 0 Å². The van der Waals surface area contributed by atoms with E-state index in [1.807, 2.05) is 119 Å². The van der Waals surface area contributed by atoms with Crippen LogP contribution in [0, 0.1) is 11.3 Å². The van der Waals surface area contributed by atoms with Crippen LogP contribution in [0.2, 0.25) is 0 Å². The number of pyridine rings is 2. The summed E-state index contributed by atoms with van der Waals surface area (Å²) >= 11 is 0. The Balaban J connectivity index is 0.000000178. The van der Waals surface area contributed by atoms with Crippen LogP contribution >= 0.6 is 0 Å². The molecule has 4 aromatic heterocycles. The van der Waals surface area contributed by atoms with Crippen LogP contribution in [-0.4, -0.2) is 67.3 Å². The molecule has 288 valence electrons. The Hall–Kier alpha value is -7.85. The number of carboxylic acids is 1. The Labute approximate surface area is 333 Å². The van der Waals surface area contributed by atoms with Gasteiger partial charge in [-0.05, 0) is 70.8 Å². The molecule has 8 rings (SSSR count). The molecule has 2 N–H and O–H groups in total. The van der Waals surface area contributed by atoms with Crippen molar-refractivity contribution in [2.45, 2.75) is 19.5 Å². The van der Waals surface area contributed by atoms with Crippen LogP contribution in [-0.2, 0) is 13.1 Å². The second-order valence-corrected chi connectivity index (χ2v) is 13.1. The van der Waals surface area contributed by atoms with Crippen molar-refractivity contribution in [3.63, 3.8) is 0 Å². The van der Waals surface area contributed by atoms with Crippen LogP contribution in [0.15, 0.2) is 134 Å². The van der Waals surface area contributed by atoms with Crippen molar-refractivity contribution < 1.29 is 24.2 Å². The first-order valence-corrected chi connectivity index (χ1v) is 18.3. The number of nitrogens with zero attached hydrogens (tertiary/aromatic N) is 7. The molecule has 0 saturated carbocycles. The highest BCUT2D eigenvalue weighted by Crippen LogP contribution is 2.30. The predicted octanol–water partition coefficient (Wildman–Crippen LogP) is 7.65. The molecule has 13 nitrogen and oxygen atoms in total. The number of hydrogen-bond acceptors (Lipinski definition) is 9. The maximum Gasteiger partial charge on any atom is 0.335 e. The molecule has 0 radical (unpaired) electrons. The molecule has 58 heavy (non-hydrogen) atoms. The van der Waals surface area contributed by atoms with Gasteiger partial charge in [0.2, 0.25) is 11.8 Å². The average molecular weight is 771 g/mol. The number of benzene rings is 4. The summed E-state index contributed by atoms with van der Waals surface area (Å²) in [7, 11) is 3.18. The summed E-state index contributed by atoms with van der Waals surface area (Å²) < 4.78 is 14.1. The minimum absolute atomic E-state index is 0.191. The molecule has 0 saturated heterocycles. The monoisotopic (exact) mass is 770 g/mol. The van der Waals surface area contributed by atoms with Gasteiger partial charge in [0.05, 0.1) is 67.8 Å². The van der Waals surface area contributed by atoms with E-state index >= 15 is 0 Å². The first-order chi connectivity index (χ1) is 28.3. The van der Waals surface area contributed by atoms with Gasteiger partial charge < -0.3 is 19.9 Å². The lowest BCUT2D eigenvalue weighted by Crippen LogP contribution is -2.24. The zero-order valence-electron chi connectivity index (χ0n) is 31.7. The van der Waals surface area contributed by atoms with Crippen LogP contribution < -0.4 is 14.8 Å². The molecule has 4 aromatic carbocycles. The van der Waals surface area contributed by atoms with Gasteiger partial charge in [-0.1, -0.05) is 60.7 Å². The van der Waals surface area contributed by atoms with E-state index in [0.29, 0.717) is 37.0 Å². The van der Waals surface area contributed by atoms with E-state index in [1.165, 1.54) is 0 Å². The maximum atomic E-state index is 12.4. The Morgan fingerprint density at radius 1 is 0.672 bits per heavy atom. The molecule has 0 atom stereocenters. The summed E-state index contributed by atoms with van der Waals surface area (Å²) in [5, 5.41) is 31.9. The summed E-state index contributed by atoms with van der Waals surface area (Å²) in [5.74, 6) is 0.00281. The van der Waals surface area contributed by atoms with Crippen LogP contribution in [0.25, 0.3) is 44.1 Å². The molecule has 4 heterocycles. The van der Waals surface area contributed by atoms with Gasteiger partial charge in [-0.2, -0.15) is 15.5 Å². The largest absolute Gasteiger partial charge is 0.481 e. The Bertz CT molecular complexity index is 2790. The fraction of sp³-hybridized carbons (Fsp3) is 0.133. The minimum atomic E-state index is -0.941. The Morgan fingerprint density at radius 3 is 1.66 bits per heavy atom. The summed E-state index contributed by atoms with van der Waals surface area (Å²) in [6.07, 6.45) is 4.23. The van der Waals surface area contributed by atoms with E-state index in [-0.39, 0.29) is 17.9 Å². The molecule has 8 aromatic rings. The van der Waals surface area contributed by atoms with E-state index < -0.39 is 5.97 Å². The molecule has 1 amide bonds. The van der Waals surface area contributed by atoms with Gasteiger partial charge in [0.1, 0.15) is 0 Å².